The molecule has 64 valence electrons. The highest BCUT2D eigenvalue weighted by Gasteiger charge is 1.97. The van der Waals surface area contributed by atoms with Crippen LogP contribution in [-0.4, -0.2) is 28.4 Å². The van der Waals surface area contributed by atoms with Gasteiger partial charge in [-0.25, -0.2) is 0 Å². The molecular formula is C7H12O3S. The van der Waals surface area contributed by atoms with E-state index in [9.17, 15) is 9.59 Å². The Morgan fingerprint density at radius 3 is 2.27 bits per heavy atom. The normalized spacial score (nSPS) is 9.55. The molecule has 0 spiro atoms. The van der Waals surface area contributed by atoms with E-state index in [1.54, 1.807) is 0 Å². The summed E-state index contributed by atoms with van der Waals surface area (Å²) in [7, 11) is 0. The predicted molar refractivity (Wildman–Crippen MR) is 44.9 cm³/mol. The molecule has 4 heteroatoms. The number of rotatable bonds is 6. The molecule has 0 aliphatic heterocycles. The first kappa shape index (κ1) is 10.5. The van der Waals surface area contributed by atoms with Gasteiger partial charge in [0.25, 0.3) is 0 Å². The number of carboxylic acid groups (broad SMARTS) is 1. The van der Waals surface area contributed by atoms with Gasteiger partial charge in [0.2, 0.25) is 0 Å². The number of carbonyl (C=O) groups is 2. The summed E-state index contributed by atoms with van der Waals surface area (Å²) in [5.41, 5.74) is 0. The Morgan fingerprint density at radius 2 is 1.82 bits per heavy atom. The zero-order chi connectivity index (χ0) is 8.69. The zero-order valence-electron chi connectivity index (χ0n) is 6.50. The van der Waals surface area contributed by atoms with Crippen molar-refractivity contribution in [1.29, 1.82) is 0 Å². The van der Waals surface area contributed by atoms with Crippen molar-refractivity contribution in [3.63, 3.8) is 0 Å². The fourth-order valence-corrected chi connectivity index (χ4v) is 1.43. The Bertz CT molecular complexity index is 129. The number of carbonyl (C=O) groups excluding carboxylic acids is 1. The van der Waals surface area contributed by atoms with Crippen LogP contribution in [0.3, 0.4) is 0 Å². The van der Waals surface area contributed by atoms with Gasteiger partial charge in [-0.2, -0.15) is 11.8 Å². The van der Waals surface area contributed by atoms with Crippen molar-refractivity contribution < 1.29 is 14.7 Å². The van der Waals surface area contributed by atoms with Gasteiger partial charge in [0, 0.05) is 17.9 Å². The maximum atomic E-state index is 10.4. The van der Waals surface area contributed by atoms with Crippen molar-refractivity contribution in [1.82, 2.24) is 0 Å². The van der Waals surface area contributed by atoms with Gasteiger partial charge in [-0.15, -0.1) is 0 Å². The number of thioether (sulfide) groups is 1. The van der Waals surface area contributed by atoms with Crippen LogP contribution >= 0.6 is 11.8 Å². The van der Waals surface area contributed by atoms with E-state index in [1.165, 1.54) is 18.7 Å². The summed E-state index contributed by atoms with van der Waals surface area (Å²) in [6.07, 6.45) is 0.729. The van der Waals surface area contributed by atoms with Crippen LogP contribution in [-0.2, 0) is 9.59 Å². The fraction of sp³-hybridized carbons (Fsp3) is 0.714. The van der Waals surface area contributed by atoms with Gasteiger partial charge in [0.1, 0.15) is 5.78 Å². The molecule has 0 aromatic carbocycles. The molecule has 0 rings (SSSR count). The number of ketones is 1. The van der Waals surface area contributed by atoms with Crippen LogP contribution in [0.25, 0.3) is 0 Å². The molecule has 1 N–H and O–H groups in total. The highest BCUT2D eigenvalue weighted by Crippen LogP contribution is 2.04. The van der Waals surface area contributed by atoms with Gasteiger partial charge in [-0.05, 0) is 6.92 Å². The number of aliphatic carboxylic acids is 1. The van der Waals surface area contributed by atoms with Crippen molar-refractivity contribution in [2.45, 2.75) is 19.8 Å². The van der Waals surface area contributed by atoms with Crippen LogP contribution in [0, 0.1) is 0 Å². The molecule has 0 aliphatic carbocycles. The SMILES string of the molecule is CC(=O)CCSCCC(=O)O. The lowest BCUT2D eigenvalue weighted by molar-refractivity contribution is -0.136. The van der Waals surface area contributed by atoms with Gasteiger partial charge >= 0.3 is 5.97 Å². The molecule has 0 saturated heterocycles. The van der Waals surface area contributed by atoms with Crippen LogP contribution in [0.15, 0.2) is 0 Å². The Kier molecular flexibility index (Phi) is 5.93. The van der Waals surface area contributed by atoms with Crippen molar-refractivity contribution in [2.75, 3.05) is 11.5 Å². The molecule has 0 heterocycles. The molecule has 3 nitrogen and oxygen atoms in total. The monoisotopic (exact) mass is 176 g/mol. The molecule has 0 fully saturated rings. The molecule has 0 unspecified atom stereocenters. The molecule has 0 saturated carbocycles. The molecule has 0 aromatic heterocycles. The summed E-state index contributed by atoms with van der Waals surface area (Å²) in [5, 5.41) is 8.24. The molecule has 0 amide bonds. The third-order valence-electron chi connectivity index (χ3n) is 1.06. The van der Waals surface area contributed by atoms with Gasteiger partial charge in [0.15, 0.2) is 0 Å². The van der Waals surface area contributed by atoms with Crippen molar-refractivity contribution in [3.05, 3.63) is 0 Å². The van der Waals surface area contributed by atoms with E-state index in [1.807, 2.05) is 0 Å². The van der Waals surface area contributed by atoms with Crippen molar-refractivity contribution >= 4 is 23.5 Å². The number of hydrogen-bond donors (Lipinski definition) is 1. The minimum atomic E-state index is -0.777. The third kappa shape index (κ3) is 9.49. The lowest BCUT2D eigenvalue weighted by Crippen LogP contribution is -1.98. The first-order valence-corrected chi connectivity index (χ1v) is 4.57. The predicted octanol–water partition coefficient (Wildman–Crippen LogP) is 1.17. The lowest BCUT2D eigenvalue weighted by Gasteiger charge is -1.95. The van der Waals surface area contributed by atoms with Gasteiger partial charge in [0.05, 0.1) is 6.42 Å². The third-order valence-corrected chi connectivity index (χ3v) is 2.04. The average Bonchev–Trinajstić information content (AvgIpc) is 1.85. The van der Waals surface area contributed by atoms with Crippen LogP contribution < -0.4 is 0 Å². The molecule has 11 heavy (non-hydrogen) atoms. The summed E-state index contributed by atoms with van der Waals surface area (Å²) in [6, 6.07) is 0. The lowest BCUT2D eigenvalue weighted by atomic mass is 10.4. The van der Waals surface area contributed by atoms with Crippen LogP contribution in [0.5, 0.6) is 0 Å². The van der Waals surface area contributed by atoms with E-state index in [0.717, 1.165) is 5.75 Å². The number of Topliss-reactive ketones (excluding diaryl/α,β-unsaturated/α-hetero) is 1. The highest BCUT2D eigenvalue weighted by atomic mass is 32.2. The Labute approximate surface area is 70.2 Å². The second kappa shape index (κ2) is 6.22. The molecule has 0 bridgehead atoms. The fourth-order valence-electron chi connectivity index (χ4n) is 0.477. The Morgan fingerprint density at radius 1 is 1.27 bits per heavy atom. The highest BCUT2D eigenvalue weighted by molar-refractivity contribution is 7.99. The van der Waals surface area contributed by atoms with E-state index in [-0.39, 0.29) is 12.2 Å². The second-order valence-corrected chi connectivity index (χ2v) is 3.43. The van der Waals surface area contributed by atoms with E-state index in [4.69, 9.17) is 5.11 Å². The molecule has 0 aliphatic rings. The molecule has 0 aromatic rings. The molecule has 0 radical (unpaired) electrons. The van der Waals surface area contributed by atoms with Crippen LogP contribution in [0.4, 0.5) is 0 Å². The van der Waals surface area contributed by atoms with Crippen LogP contribution in [0.2, 0.25) is 0 Å². The summed E-state index contributed by atoms with van der Waals surface area (Å²) >= 11 is 1.51. The van der Waals surface area contributed by atoms with Crippen molar-refractivity contribution in [2.24, 2.45) is 0 Å². The van der Waals surface area contributed by atoms with E-state index in [2.05, 4.69) is 0 Å². The average molecular weight is 176 g/mol. The smallest absolute Gasteiger partial charge is 0.304 e. The quantitative estimate of drug-likeness (QED) is 0.617. The van der Waals surface area contributed by atoms with Crippen molar-refractivity contribution in [3.8, 4) is 0 Å². The number of carboxylic acids is 1. The standard InChI is InChI=1S/C7H12O3S/c1-6(8)2-4-11-5-3-7(9)10/h2-5H2,1H3,(H,9,10). The van der Waals surface area contributed by atoms with E-state index >= 15 is 0 Å². The topological polar surface area (TPSA) is 54.4 Å². The van der Waals surface area contributed by atoms with E-state index < -0.39 is 5.97 Å². The van der Waals surface area contributed by atoms with Gasteiger partial charge < -0.3 is 5.11 Å². The van der Waals surface area contributed by atoms with Crippen LogP contribution in [0.1, 0.15) is 19.8 Å². The first-order chi connectivity index (χ1) is 5.13. The molecule has 0 atom stereocenters. The maximum Gasteiger partial charge on any atom is 0.304 e. The summed E-state index contributed by atoms with van der Waals surface area (Å²) < 4.78 is 0. The second-order valence-electron chi connectivity index (χ2n) is 2.21. The minimum absolute atomic E-state index is 0.160. The summed E-state index contributed by atoms with van der Waals surface area (Å²) in [5.74, 6) is 0.721. The zero-order valence-corrected chi connectivity index (χ0v) is 7.32. The summed E-state index contributed by atoms with van der Waals surface area (Å²) in [4.78, 5) is 20.4. The number of hydrogen-bond acceptors (Lipinski definition) is 3. The minimum Gasteiger partial charge on any atom is -0.481 e. The molecular weight excluding hydrogens is 164 g/mol. The van der Waals surface area contributed by atoms with Gasteiger partial charge in [-0.1, -0.05) is 0 Å². The van der Waals surface area contributed by atoms with Gasteiger partial charge in [-0.3, -0.25) is 9.59 Å². The largest absolute Gasteiger partial charge is 0.481 e. The maximum absolute atomic E-state index is 10.4. The Balaban J connectivity index is 3.03. The first-order valence-electron chi connectivity index (χ1n) is 3.42. The van der Waals surface area contributed by atoms with E-state index in [0.29, 0.717) is 12.2 Å². The summed E-state index contributed by atoms with van der Waals surface area (Å²) in [6.45, 7) is 1.54. The Hall–Kier alpha value is -0.510.